The second-order valence-electron chi connectivity index (χ2n) is 4.00. The van der Waals surface area contributed by atoms with Gasteiger partial charge in [-0.2, -0.15) is 0 Å². The quantitative estimate of drug-likeness (QED) is 0.500. The lowest BCUT2D eigenvalue weighted by Crippen LogP contribution is -2.16. The molecule has 1 heterocycles. The Labute approximate surface area is 61.8 Å². The van der Waals surface area contributed by atoms with Crippen LogP contribution in [0.2, 0.25) is 0 Å². The van der Waals surface area contributed by atoms with Gasteiger partial charge < -0.3 is 4.74 Å². The van der Waals surface area contributed by atoms with Gasteiger partial charge in [0.1, 0.15) is 0 Å². The Morgan fingerprint density at radius 2 is 2.20 bits per heavy atom. The first-order valence-electron chi connectivity index (χ1n) is 4.38. The van der Waals surface area contributed by atoms with Crippen molar-refractivity contribution in [1.82, 2.24) is 0 Å². The molecule has 4 unspecified atom stereocenters. The Morgan fingerprint density at radius 3 is 2.70 bits per heavy atom. The Hall–Kier alpha value is -0.0400. The molecule has 1 heteroatoms. The van der Waals surface area contributed by atoms with Gasteiger partial charge >= 0.3 is 0 Å². The predicted octanol–water partition coefficient (Wildman–Crippen LogP) is 1.64. The number of fused-ring (bicyclic) bond motifs is 2. The summed E-state index contributed by atoms with van der Waals surface area (Å²) in [5, 5.41) is 0. The van der Waals surface area contributed by atoms with E-state index in [2.05, 4.69) is 6.42 Å². The van der Waals surface area contributed by atoms with Crippen molar-refractivity contribution in [2.75, 3.05) is 6.61 Å². The molecule has 0 aromatic carbocycles. The van der Waals surface area contributed by atoms with Crippen LogP contribution in [0.1, 0.15) is 19.3 Å². The Bertz CT molecular complexity index is 151. The first kappa shape index (κ1) is 5.59. The minimum atomic E-state index is 0.684. The van der Waals surface area contributed by atoms with Crippen LogP contribution in [0.3, 0.4) is 0 Å². The maximum atomic E-state index is 5.33. The van der Waals surface area contributed by atoms with Gasteiger partial charge in [0.25, 0.3) is 0 Å². The van der Waals surface area contributed by atoms with Crippen molar-refractivity contribution >= 4 is 0 Å². The van der Waals surface area contributed by atoms with Gasteiger partial charge in [0, 0.05) is 0 Å². The molecule has 2 saturated carbocycles. The van der Waals surface area contributed by atoms with E-state index in [1.165, 1.54) is 19.3 Å². The lowest BCUT2D eigenvalue weighted by molar-refractivity contribution is 0.265. The first-order valence-corrected chi connectivity index (χ1v) is 4.38. The molecule has 3 rings (SSSR count). The first-order chi connectivity index (χ1) is 4.93. The minimum Gasteiger partial charge on any atom is -0.373 e. The molecule has 55 valence electrons. The number of hydrogen-bond donors (Lipinski definition) is 0. The second kappa shape index (κ2) is 1.76. The fraction of sp³-hybridized carbons (Fsp3) is 0.889. The van der Waals surface area contributed by atoms with E-state index in [0.717, 1.165) is 24.4 Å². The van der Waals surface area contributed by atoms with Crippen LogP contribution in [0, 0.1) is 24.2 Å². The molecule has 1 aliphatic heterocycles. The van der Waals surface area contributed by atoms with Crippen LogP contribution in [-0.4, -0.2) is 12.7 Å². The smallest absolute Gasteiger partial charge is 0.0840 e. The SMILES string of the molecule is [CH]1CC2CC1CC2C1CO1. The molecule has 0 amide bonds. The third kappa shape index (κ3) is 0.672. The molecule has 4 atom stereocenters. The normalized spacial score (nSPS) is 57.6. The van der Waals surface area contributed by atoms with Crippen molar-refractivity contribution in [1.29, 1.82) is 0 Å². The molecule has 1 radical (unpaired) electrons. The molecular formula is C9H13O. The van der Waals surface area contributed by atoms with Crippen LogP contribution in [-0.2, 0) is 4.74 Å². The standard InChI is InChI=1S/C9H13O/c1-2-7-3-6(1)4-8(7)9-5-10-9/h1,6-9H,2-5H2. The lowest BCUT2D eigenvalue weighted by Gasteiger charge is -2.18. The zero-order valence-electron chi connectivity index (χ0n) is 6.12. The van der Waals surface area contributed by atoms with Crippen LogP contribution in [0.5, 0.6) is 0 Å². The highest BCUT2D eigenvalue weighted by atomic mass is 16.6. The molecule has 1 nitrogen and oxygen atoms in total. The predicted molar refractivity (Wildman–Crippen MR) is 38.4 cm³/mol. The van der Waals surface area contributed by atoms with E-state index >= 15 is 0 Å². The molecule has 0 aromatic heterocycles. The van der Waals surface area contributed by atoms with E-state index in [1.54, 1.807) is 0 Å². The van der Waals surface area contributed by atoms with Crippen molar-refractivity contribution < 1.29 is 4.74 Å². The average molecular weight is 137 g/mol. The van der Waals surface area contributed by atoms with Crippen molar-refractivity contribution in [2.24, 2.45) is 17.8 Å². The van der Waals surface area contributed by atoms with E-state index in [9.17, 15) is 0 Å². The van der Waals surface area contributed by atoms with Gasteiger partial charge in [0.2, 0.25) is 0 Å². The van der Waals surface area contributed by atoms with Gasteiger partial charge in [-0.25, -0.2) is 0 Å². The van der Waals surface area contributed by atoms with Crippen molar-refractivity contribution in [3.63, 3.8) is 0 Å². The van der Waals surface area contributed by atoms with Crippen molar-refractivity contribution in [3.05, 3.63) is 6.42 Å². The fourth-order valence-electron chi connectivity index (χ4n) is 2.79. The summed E-state index contributed by atoms with van der Waals surface area (Å²) < 4.78 is 5.33. The largest absolute Gasteiger partial charge is 0.373 e. The van der Waals surface area contributed by atoms with Crippen molar-refractivity contribution in [3.8, 4) is 0 Å². The van der Waals surface area contributed by atoms with Gasteiger partial charge in [-0.3, -0.25) is 0 Å². The lowest BCUT2D eigenvalue weighted by atomic mass is 9.87. The summed E-state index contributed by atoms with van der Waals surface area (Å²) in [7, 11) is 0. The average Bonchev–Trinajstić information content (AvgIpc) is 2.60. The molecule has 0 spiro atoms. The Kier molecular flexibility index (Phi) is 0.984. The van der Waals surface area contributed by atoms with Gasteiger partial charge in [0.15, 0.2) is 0 Å². The van der Waals surface area contributed by atoms with E-state index in [1.807, 2.05) is 0 Å². The van der Waals surface area contributed by atoms with Gasteiger partial charge in [-0.05, 0) is 43.4 Å². The van der Waals surface area contributed by atoms with Gasteiger partial charge in [-0.15, -0.1) is 0 Å². The Balaban J connectivity index is 1.77. The molecule has 2 aliphatic carbocycles. The van der Waals surface area contributed by atoms with Crippen LogP contribution in [0.15, 0.2) is 0 Å². The highest BCUT2D eigenvalue weighted by molar-refractivity contribution is 5.03. The zero-order chi connectivity index (χ0) is 6.55. The van der Waals surface area contributed by atoms with E-state index < -0.39 is 0 Å². The van der Waals surface area contributed by atoms with Gasteiger partial charge in [0.05, 0.1) is 12.7 Å². The molecule has 3 aliphatic rings. The van der Waals surface area contributed by atoms with Gasteiger partial charge in [-0.1, -0.05) is 0 Å². The zero-order valence-corrected chi connectivity index (χ0v) is 6.12. The summed E-state index contributed by atoms with van der Waals surface area (Å²) in [4.78, 5) is 0. The number of epoxide rings is 1. The highest BCUT2D eigenvalue weighted by Crippen LogP contribution is 2.51. The molecular weight excluding hydrogens is 124 g/mol. The summed E-state index contributed by atoms with van der Waals surface area (Å²) >= 11 is 0. The monoisotopic (exact) mass is 137 g/mol. The highest BCUT2D eigenvalue weighted by Gasteiger charge is 2.47. The maximum Gasteiger partial charge on any atom is 0.0840 e. The molecule has 1 saturated heterocycles. The minimum absolute atomic E-state index is 0.684. The van der Waals surface area contributed by atoms with E-state index in [4.69, 9.17) is 4.74 Å². The van der Waals surface area contributed by atoms with E-state index in [0.29, 0.717) is 6.10 Å². The van der Waals surface area contributed by atoms with Crippen LogP contribution < -0.4 is 0 Å². The summed E-state index contributed by atoms with van der Waals surface area (Å²) in [6, 6.07) is 0. The summed E-state index contributed by atoms with van der Waals surface area (Å²) in [6.45, 7) is 1.06. The molecule has 10 heavy (non-hydrogen) atoms. The third-order valence-corrected chi connectivity index (χ3v) is 3.39. The molecule has 0 aromatic rings. The Morgan fingerprint density at radius 1 is 1.30 bits per heavy atom. The molecule has 3 fully saturated rings. The van der Waals surface area contributed by atoms with E-state index in [-0.39, 0.29) is 0 Å². The maximum absolute atomic E-state index is 5.33. The summed E-state index contributed by atoms with van der Waals surface area (Å²) in [6.07, 6.45) is 7.50. The number of ether oxygens (including phenoxy) is 1. The van der Waals surface area contributed by atoms with Crippen LogP contribution in [0.25, 0.3) is 0 Å². The summed E-state index contributed by atoms with van der Waals surface area (Å²) in [5.74, 6) is 2.94. The molecule has 2 bridgehead atoms. The van der Waals surface area contributed by atoms with Crippen LogP contribution >= 0.6 is 0 Å². The second-order valence-corrected chi connectivity index (χ2v) is 4.00. The molecule has 0 N–H and O–H groups in total. The summed E-state index contributed by atoms with van der Waals surface area (Å²) in [5.41, 5.74) is 0. The number of rotatable bonds is 1. The topological polar surface area (TPSA) is 12.5 Å². The third-order valence-electron chi connectivity index (χ3n) is 3.39. The van der Waals surface area contributed by atoms with Crippen molar-refractivity contribution in [2.45, 2.75) is 25.4 Å². The fourth-order valence-corrected chi connectivity index (χ4v) is 2.79. The number of hydrogen-bond acceptors (Lipinski definition) is 1. The van der Waals surface area contributed by atoms with Crippen LogP contribution in [0.4, 0.5) is 0 Å².